The van der Waals surface area contributed by atoms with Crippen molar-refractivity contribution in [2.75, 3.05) is 19.7 Å². The largest absolute Gasteiger partial charge is 0.364 e. The molecule has 0 amide bonds. The van der Waals surface area contributed by atoms with Crippen molar-refractivity contribution in [3.05, 3.63) is 24.3 Å². The molecule has 0 unspecified atom stereocenters. The van der Waals surface area contributed by atoms with E-state index in [0.717, 1.165) is 32.5 Å². The standard InChI is InChI=1S/C12H21NO/c1-3-5-7-12(8-6-4-2)11-13-9-10-14-12/h5-8,13H,3-4,9-11H2,1-2H3. The molecule has 14 heavy (non-hydrogen) atoms. The maximum atomic E-state index is 5.83. The van der Waals surface area contributed by atoms with Gasteiger partial charge in [0.05, 0.1) is 6.61 Å². The molecule has 1 aliphatic heterocycles. The van der Waals surface area contributed by atoms with Gasteiger partial charge in [-0.05, 0) is 12.8 Å². The van der Waals surface area contributed by atoms with E-state index < -0.39 is 0 Å². The highest BCUT2D eigenvalue weighted by molar-refractivity contribution is 5.17. The quantitative estimate of drug-likeness (QED) is 0.695. The van der Waals surface area contributed by atoms with Gasteiger partial charge in [0, 0.05) is 13.1 Å². The molecule has 80 valence electrons. The molecule has 0 saturated carbocycles. The number of allylic oxidation sites excluding steroid dienone is 2. The summed E-state index contributed by atoms with van der Waals surface area (Å²) in [5, 5.41) is 3.37. The SMILES string of the molecule is CCC=CC1(C=CCC)CNCCO1. The summed E-state index contributed by atoms with van der Waals surface area (Å²) in [6, 6.07) is 0. The van der Waals surface area contributed by atoms with Crippen molar-refractivity contribution in [3.63, 3.8) is 0 Å². The van der Waals surface area contributed by atoms with Crippen LogP contribution in [-0.4, -0.2) is 25.3 Å². The summed E-state index contributed by atoms with van der Waals surface area (Å²) in [6.07, 6.45) is 10.8. The van der Waals surface area contributed by atoms with Crippen LogP contribution in [0, 0.1) is 0 Å². The van der Waals surface area contributed by atoms with Crippen LogP contribution in [0.3, 0.4) is 0 Å². The number of hydrogen-bond donors (Lipinski definition) is 1. The van der Waals surface area contributed by atoms with Crippen molar-refractivity contribution in [1.82, 2.24) is 5.32 Å². The van der Waals surface area contributed by atoms with E-state index in [1.807, 2.05) is 0 Å². The molecular weight excluding hydrogens is 174 g/mol. The molecule has 0 aromatic rings. The second-order valence-electron chi connectivity index (χ2n) is 3.60. The van der Waals surface area contributed by atoms with Gasteiger partial charge in [0.25, 0.3) is 0 Å². The molecule has 1 saturated heterocycles. The first-order valence-electron chi connectivity index (χ1n) is 5.53. The molecule has 0 aromatic carbocycles. The van der Waals surface area contributed by atoms with Crippen LogP contribution < -0.4 is 5.32 Å². The summed E-state index contributed by atoms with van der Waals surface area (Å²) in [5.74, 6) is 0. The lowest BCUT2D eigenvalue weighted by Gasteiger charge is -2.32. The van der Waals surface area contributed by atoms with Crippen molar-refractivity contribution < 1.29 is 4.74 Å². The van der Waals surface area contributed by atoms with Gasteiger partial charge >= 0.3 is 0 Å². The predicted octanol–water partition coefficient (Wildman–Crippen LogP) is 2.28. The Morgan fingerprint density at radius 3 is 2.29 bits per heavy atom. The first kappa shape index (κ1) is 11.5. The van der Waals surface area contributed by atoms with Gasteiger partial charge in [-0.25, -0.2) is 0 Å². The third-order valence-electron chi connectivity index (χ3n) is 2.32. The van der Waals surface area contributed by atoms with Crippen molar-refractivity contribution in [2.45, 2.75) is 32.3 Å². The number of ether oxygens (including phenoxy) is 1. The second-order valence-corrected chi connectivity index (χ2v) is 3.60. The fourth-order valence-corrected chi connectivity index (χ4v) is 1.55. The van der Waals surface area contributed by atoms with E-state index >= 15 is 0 Å². The molecule has 0 radical (unpaired) electrons. The summed E-state index contributed by atoms with van der Waals surface area (Å²) in [4.78, 5) is 0. The topological polar surface area (TPSA) is 21.3 Å². The van der Waals surface area contributed by atoms with Gasteiger partial charge in [0.2, 0.25) is 0 Å². The van der Waals surface area contributed by atoms with Gasteiger partial charge in [-0.3, -0.25) is 0 Å². The molecule has 0 atom stereocenters. The highest BCUT2D eigenvalue weighted by Crippen LogP contribution is 2.18. The molecule has 0 spiro atoms. The zero-order valence-electron chi connectivity index (χ0n) is 9.25. The molecule has 1 heterocycles. The Bertz CT molecular complexity index is 186. The molecule has 1 aliphatic rings. The molecule has 1 rings (SSSR count). The van der Waals surface area contributed by atoms with Gasteiger partial charge in [-0.2, -0.15) is 0 Å². The Morgan fingerprint density at radius 2 is 1.86 bits per heavy atom. The molecule has 0 bridgehead atoms. The molecular formula is C12H21NO. The smallest absolute Gasteiger partial charge is 0.117 e. The van der Waals surface area contributed by atoms with Crippen LogP contribution >= 0.6 is 0 Å². The van der Waals surface area contributed by atoms with E-state index in [-0.39, 0.29) is 5.60 Å². The van der Waals surface area contributed by atoms with Crippen molar-refractivity contribution >= 4 is 0 Å². The van der Waals surface area contributed by atoms with Crippen molar-refractivity contribution in [2.24, 2.45) is 0 Å². The number of hydrogen-bond acceptors (Lipinski definition) is 2. The molecule has 0 aromatic heterocycles. The number of nitrogens with one attached hydrogen (secondary N) is 1. The molecule has 1 N–H and O–H groups in total. The highest BCUT2D eigenvalue weighted by Gasteiger charge is 2.26. The van der Waals surface area contributed by atoms with Gasteiger partial charge in [0.15, 0.2) is 0 Å². The van der Waals surface area contributed by atoms with Crippen molar-refractivity contribution in [3.8, 4) is 0 Å². The van der Waals surface area contributed by atoms with Crippen LogP contribution in [0.5, 0.6) is 0 Å². The Labute approximate surface area is 87.0 Å². The minimum atomic E-state index is -0.190. The summed E-state index contributed by atoms with van der Waals surface area (Å²) in [5.41, 5.74) is -0.190. The first-order chi connectivity index (χ1) is 6.83. The van der Waals surface area contributed by atoms with Crippen LogP contribution in [0.25, 0.3) is 0 Å². The zero-order chi connectivity index (χ0) is 10.3. The van der Waals surface area contributed by atoms with Crippen molar-refractivity contribution in [1.29, 1.82) is 0 Å². The minimum Gasteiger partial charge on any atom is -0.364 e. The average Bonchev–Trinajstić information content (AvgIpc) is 2.25. The Morgan fingerprint density at radius 1 is 1.21 bits per heavy atom. The van der Waals surface area contributed by atoms with Gasteiger partial charge < -0.3 is 10.1 Å². The van der Waals surface area contributed by atoms with E-state index in [4.69, 9.17) is 4.74 Å². The van der Waals surface area contributed by atoms with Gasteiger partial charge in [0.1, 0.15) is 5.60 Å². The minimum absolute atomic E-state index is 0.190. The maximum absolute atomic E-state index is 5.83. The summed E-state index contributed by atoms with van der Waals surface area (Å²) in [7, 11) is 0. The first-order valence-corrected chi connectivity index (χ1v) is 5.53. The fraction of sp³-hybridized carbons (Fsp3) is 0.667. The predicted molar refractivity (Wildman–Crippen MR) is 60.4 cm³/mol. The summed E-state index contributed by atoms with van der Waals surface area (Å²) < 4.78 is 5.83. The maximum Gasteiger partial charge on any atom is 0.117 e. The van der Waals surface area contributed by atoms with Crippen LogP contribution in [0.4, 0.5) is 0 Å². The van der Waals surface area contributed by atoms with Crippen LogP contribution in [0.1, 0.15) is 26.7 Å². The lowest BCUT2D eigenvalue weighted by Crippen LogP contribution is -2.47. The monoisotopic (exact) mass is 195 g/mol. The normalized spacial score (nSPS) is 29.0. The number of morpholine rings is 1. The Kier molecular flexibility index (Phi) is 4.91. The molecule has 2 heteroatoms. The van der Waals surface area contributed by atoms with Crippen LogP contribution in [0.2, 0.25) is 0 Å². The Hall–Kier alpha value is -0.600. The lowest BCUT2D eigenvalue weighted by atomic mass is 10.0. The summed E-state index contributed by atoms with van der Waals surface area (Å²) in [6.45, 7) is 6.93. The van der Waals surface area contributed by atoms with E-state index in [1.54, 1.807) is 0 Å². The van der Waals surface area contributed by atoms with Crippen LogP contribution in [-0.2, 0) is 4.74 Å². The van der Waals surface area contributed by atoms with E-state index in [9.17, 15) is 0 Å². The van der Waals surface area contributed by atoms with E-state index in [1.165, 1.54) is 0 Å². The van der Waals surface area contributed by atoms with E-state index in [0.29, 0.717) is 0 Å². The van der Waals surface area contributed by atoms with Gasteiger partial charge in [-0.1, -0.05) is 38.2 Å². The third kappa shape index (κ3) is 3.28. The third-order valence-corrected chi connectivity index (χ3v) is 2.32. The average molecular weight is 195 g/mol. The van der Waals surface area contributed by atoms with Crippen LogP contribution in [0.15, 0.2) is 24.3 Å². The molecule has 0 aliphatic carbocycles. The summed E-state index contributed by atoms with van der Waals surface area (Å²) >= 11 is 0. The van der Waals surface area contributed by atoms with Gasteiger partial charge in [-0.15, -0.1) is 0 Å². The second kappa shape index (κ2) is 5.99. The number of rotatable bonds is 4. The zero-order valence-corrected chi connectivity index (χ0v) is 9.25. The highest BCUT2D eigenvalue weighted by atomic mass is 16.5. The fourth-order valence-electron chi connectivity index (χ4n) is 1.55. The van der Waals surface area contributed by atoms with E-state index in [2.05, 4.69) is 43.5 Å². The molecule has 2 nitrogen and oxygen atoms in total. The molecule has 1 fully saturated rings. The Balaban J connectivity index is 2.66. The lowest BCUT2D eigenvalue weighted by molar-refractivity contribution is 0.00357.